The van der Waals surface area contributed by atoms with Gasteiger partial charge in [-0.3, -0.25) is 14.6 Å². The highest BCUT2D eigenvalue weighted by Crippen LogP contribution is 2.32. The number of alkyl halides is 3. The molecule has 0 saturated heterocycles. The lowest BCUT2D eigenvalue weighted by molar-refractivity contribution is -0.154. The number of hydrogen-bond donors (Lipinski definition) is 2. The molecular formula is C28H36F3N3O5S. The van der Waals surface area contributed by atoms with E-state index in [4.69, 9.17) is 4.74 Å². The Kier molecular flexibility index (Phi) is 10.7. The molecule has 1 unspecified atom stereocenters. The summed E-state index contributed by atoms with van der Waals surface area (Å²) in [6.07, 6.45) is -0.941. The quantitative estimate of drug-likeness (QED) is 0.290. The van der Waals surface area contributed by atoms with E-state index in [2.05, 4.69) is 10.1 Å². The average molecular weight is 584 g/mol. The smallest absolute Gasteiger partial charge is 0.416 e. The highest BCUT2D eigenvalue weighted by Gasteiger charge is 2.37. The van der Waals surface area contributed by atoms with Crippen molar-refractivity contribution in [2.24, 2.45) is 11.8 Å². The topological polar surface area (TPSA) is 105 Å². The van der Waals surface area contributed by atoms with Gasteiger partial charge in [-0.15, -0.1) is 4.83 Å². The Hall–Kier alpha value is -2.96. The maximum atomic E-state index is 13.8. The molecule has 220 valence electrons. The molecule has 1 saturated carbocycles. The maximum Gasteiger partial charge on any atom is 0.416 e. The summed E-state index contributed by atoms with van der Waals surface area (Å²) in [6, 6.07) is 9.90. The molecule has 1 aliphatic carbocycles. The number of likely N-dealkylation sites (N-methyl/N-ethyl adjacent to an activating group) is 1. The molecule has 8 nitrogen and oxygen atoms in total. The minimum absolute atomic E-state index is 0.0918. The Bertz CT molecular complexity index is 1230. The Balaban J connectivity index is 2.00. The zero-order valence-corrected chi connectivity index (χ0v) is 23.6. The SMILES string of the molecule is CNC(C(=O)OC[C@H](c1ccccc1)N(NS(=O)(=O)c1ccc(C(F)(F)F)cc1)C(=O)C1CCCCC1)C(C)C. The summed E-state index contributed by atoms with van der Waals surface area (Å²) in [5, 5.41) is 3.86. The molecule has 1 amide bonds. The van der Waals surface area contributed by atoms with Crippen LogP contribution in [-0.4, -0.2) is 45.0 Å². The fourth-order valence-electron chi connectivity index (χ4n) is 4.78. The monoisotopic (exact) mass is 583 g/mol. The van der Waals surface area contributed by atoms with Crippen molar-refractivity contribution in [2.75, 3.05) is 13.7 Å². The van der Waals surface area contributed by atoms with Gasteiger partial charge >= 0.3 is 12.1 Å². The van der Waals surface area contributed by atoms with Crippen LogP contribution in [0.3, 0.4) is 0 Å². The van der Waals surface area contributed by atoms with E-state index < -0.39 is 56.5 Å². The van der Waals surface area contributed by atoms with Crippen molar-refractivity contribution in [2.45, 2.75) is 69.1 Å². The standard InChI is InChI=1S/C28H36F3N3O5S/c1-19(2)25(32-3)27(36)39-18-24(20-10-6-4-7-11-20)34(26(35)21-12-8-5-9-13-21)33-40(37,38)23-16-14-22(15-17-23)28(29,30)31/h4,6-7,10-11,14-17,19,21,24-25,32-33H,5,8-9,12-13,18H2,1-3H3/t24-,25?/m1/s1. The van der Waals surface area contributed by atoms with Crippen molar-refractivity contribution in [3.63, 3.8) is 0 Å². The Labute approximate surface area is 233 Å². The molecule has 1 fully saturated rings. The van der Waals surface area contributed by atoms with E-state index in [0.717, 1.165) is 36.4 Å². The fourth-order valence-corrected chi connectivity index (χ4v) is 5.86. The molecule has 0 radical (unpaired) electrons. The molecule has 2 N–H and O–H groups in total. The van der Waals surface area contributed by atoms with Crippen molar-refractivity contribution in [1.82, 2.24) is 15.2 Å². The number of amides is 1. The molecule has 3 rings (SSSR count). The predicted octanol–water partition coefficient (Wildman–Crippen LogP) is 4.84. The number of benzene rings is 2. The van der Waals surface area contributed by atoms with Crippen molar-refractivity contribution in [3.05, 3.63) is 65.7 Å². The lowest BCUT2D eigenvalue weighted by atomic mass is 9.88. The van der Waals surface area contributed by atoms with Crippen LogP contribution in [-0.2, 0) is 30.5 Å². The maximum absolute atomic E-state index is 13.8. The predicted molar refractivity (Wildman–Crippen MR) is 143 cm³/mol. The lowest BCUT2D eigenvalue weighted by Gasteiger charge is -2.35. The number of sulfonamides is 1. The lowest BCUT2D eigenvalue weighted by Crippen LogP contribution is -2.52. The van der Waals surface area contributed by atoms with Gasteiger partial charge in [0, 0.05) is 5.92 Å². The van der Waals surface area contributed by atoms with Crippen LogP contribution in [0.15, 0.2) is 59.5 Å². The first kappa shape index (κ1) is 31.6. The normalized spacial score (nSPS) is 16.4. The highest BCUT2D eigenvalue weighted by molar-refractivity contribution is 7.89. The number of nitrogens with zero attached hydrogens (tertiary/aromatic N) is 1. The van der Waals surface area contributed by atoms with Gasteiger partial charge in [-0.05, 0) is 55.6 Å². The summed E-state index contributed by atoms with van der Waals surface area (Å²) < 4.78 is 71.6. The number of halogens is 3. The van der Waals surface area contributed by atoms with Gasteiger partial charge in [0.15, 0.2) is 0 Å². The van der Waals surface area contributed by atoms with E-state index in [9.17, 15) is 31.2 Å². The summed E-state index contributed by atoms with van der Waals surface area (Å²) >= 11 is 0. The van der Waals surface area contributed by atoms with Crippen LogP contribution in [0.25, 0.3) is 0 Å². The van der Waals surface area contributed by atoms with Crippen molar-refractivity contribution >= 4 is 21.9 Å². The van der Waals surface area contributed by atoms with Gasteiger partial charge in [0.1, 0.15) is 18.7 Å². The van der Waals surface area contributed by atoms with Crippen LogP contribution < -0.4 is 10.1 Å². The molecular weight excluding hydrogens is 547 g/mol. The number of ether oxygens (including phenoxy) is 1. The van der Waals surface area contributed by atoms with Crippen LogP contribution in [0, 0.1) is 11.8 Å². The van der Waals surface area contributed by atoms with Gasteiger partial charge < -0.3 is 10.1 Å². The Morgan fingerprint density at radius 1 is 1.00 bits per heavy atom. The number of carbonyl (C=O) groups is 2. The third-order valence-electron chi connectivity index (χ3n) is 7.01. The second-order valence-corrected chi connectivity index (χ2v) is 11.9. The van der Waals surface area contributed by atoms with Gasteiger partial charge in [-0.25, -0.2) is 8.42 Å². The van der Waals surface area contributed by atoms with E-state index in [0.29, 0.717) is 30.5 Å². The molecule has 2 atom stereocenters. The second kappa shape index (κ2) is 13.6. The third-order valence-corrected chi connectivity index (χ3v) is 8.34. The molecule has 0 aliphatic heterocycles. The average Bonchev–Trinajstić information content (AvgIpc) is 2.93. The van der Waals surface area contributed by atoms with Gasteiger partial charge in [0.2, 0.25) is 5.91 Å². The third kappa shape index (κ3) is 8.05. The van der Waals surface area contributed by atoms with Gasteiger partial charge in [-0.1, -0.05) is 63.4 Å². The molecule has 0 aromatic heterocycles. The summed E-state index contributed by atoms with van der Waals surface area (Å²) in [6.45, 7) is 3.34. The van der Waals surface area contributed by atoms with E-state index >= 15 is 0 Å². The summed E-state index contributed by atoms with van der Waals surface area (Å²) in [5.41, 5.74) is -0.486. The number of hydrogen-bond acceptors (Lipinski definition) is 6. The molecule has 2 aromatic carbocycles. The summed E-state index contributed by atoms with van der Waals surface area (Å²) in [7, 11) is -2.87. The first-order valence-electron chi connectivity index (χ1n) is 13.3. The molecule has 12 heteroatoms. The molecule has 2 aromatic rings. The van der Waals surface area contributed by atoms with Crippen LogP contribution in [0.1, 0.15) is 63.1 Å². The van der Waals surface area contributed by atoms with E-state index in [1.807, 2.05) is 13.8 Å². The van der Waals surface area contributed by atoms with E-state index in [1.165, 1.54) is 0 Å². The van der Waals surface area contributed by atoms with E-state index in [-0.39, 0.29) is 12.5 Å². The summed E-state index contributed by atoms with van der Waals surface area (Å²) in [4.78, 5) is 28.6. The zero-order chi connectivity index (χ0) is 29.5. The van der Waals surface area contributed by atoms with E-state index in [1.54, 1.807) is 37.4 Å². The molecule has 40 heavy (non-hydrogen) atoms. The molecule has 1 aliphatic rings. The molecule has 0 bridgehead atoms. The molecule has 0 heterocycles. The van der Waals surface area contributed by atoms with Gasteiger partial charge in [0.25, 0.3) is 10.0 Å². The fraction of sp³-hybridized carbons (Fsp3) is 0.500. The first-order chi connectivity index (χ1) is 18.8. The van der Waals surface area contributed by atoms with Crippen LogP contribution in [0.5, 0.6) is 0 Å². The largest absolute Gasteiger partial charge is 0.462 e. The van der Waals surface area contributed by atoms with Gasteiger partial charge in [-0.2, -0.15) is 13.2 Å². The number of rotatable bonds is 11. The van der Waals surface area contributed by atoms with Crippen LogP contribution in [0.2, 0.25) is 0 Å². The highest BCUT2D eigenvalue weighted by atomic mass is 32.2. The minimum Gasteiger partial charge on any atom is -0.462 e. The van der Waals surface area contributed by atoms with Crippen molar-refractivity contribution in [3.8, 4) is 0 Å². The second-order valence-electron chi connectivity index (χ2n) is 10.2. The number of hydrazine groups is 1. The zero-order valence-electron chi connectivity index (χ0n) is 22.8. The number of carbonyl (C=O) groups excluding carboxylic acids is 2. The Morgan fingerprint density at radius 2 is 1.60 bits per heavy atom. The van der Waals surface area contributed by atoms with Crippen LogP contribution >= 0.6 is 0 Å². The Morgan fingerprint density at radius 3 is 2.12 bits per heavy atom. The number of nitrogens with one attached hydrogen (secondary N) is 2. The van der Waals surface area contributed by atoms with Crippen molar-refractivity contribution in [1.29, 1.82) is 0 Å². The van der Waals surface area contributed by atoms with Crippen LogP contribution in [0.4, 0.5) is 13.2 Å². The minimum atomic E-state index is -4.64. The number of esters is 1. The summed E-state index contributed by atoms with van der Waals surface area (Å²) in [5.74, 6) is -1.61. The molecule has 0 spiro atoms. The van der Waals surface area contributed by atoms with Gasteiger partial charge in [0.05, 0.1) is 10.5 Å². The van der Waals surface area contributed by atoms with Crippen molar-refractivity contribution < 1.29 is 35.9 Å². The first-order valence-corrected chi connectivity index (χ1v) is 14.7.